The minimum atomic E-state index is -1.17. The third-order valence-electron chi connectivity index (χ3n) is 3.20. The van der Waals surface area contributed by atoms with E-state index in [4.69, 9.17) is 5.73 Å². The van der Waals surface area contributed by atoms with Gasteiger partial charge in [-0.05, 0) is 18.8 Å². The van der Waals surface area contributed by atoms with Gasteiger partial charge in [-0.25, -0.2) is 9.78 Å². The van der Waals surface area contributed by atoms with Crippen LogP contribution in [0.5, 0.6) is 0 Å². The molecule has 3 amide bonds. The van der Waals surface area contributed by atoms with E-state index in [0.29, 0.717) is 11.6 Å². The van der Waals surface area contributed by atoms with E-state index in [-0.39, 0.29) is 6.54 Å². The topological polar surface area (TPSA) is 97.1 Å². The van der Waals surface area contributed by atoms with E-state index in [1.165, 1.54) is 11.3 Å². The van der Waals surface area contributed by atoms with Crippen LogP contribution >= 0.6 is 11.3 Å². The lowest BCUT2D eigenvalue weighted by atomic mass is 9.93. The van der Waals surface area contributed by atoms with Gasteiger partial charge in [0, 0.05) is 11.4 Å². The predicted octanol–water partition coefficient (Wildman–Crippen LogP) is 0.0139. The van der Waals surface area contributed by atoms with Crippen LogP contribution < -0.4 is 16.4 Å². The van der Waals surface area contributed by atoms with E-state index >= 15 is 0 Å². The zero-order valence-corrected chi connectivity index (χ0v) is 9.84. The maximum absolute atomic E-state index is 11.9. The second-order valence-corrected chi connectivity index (χ2v) is 5.24. The molecule has 3 rings (SSSR count). The molecular formula is C10H12N4O2S. The number of hydrogen-bond donors (Lipinski definition) is 3. The van der Waals surface area contributed by atoms with Gasteiger partial charge in [0.15, 0.2) is 5.54 Å². The summed E-state index contributed by atoms with van der Waals surface area (Å²) in [5, 5.41) is 4.84. The molecule has 1 aliphatic heterocycles. The molecule has 1 saturated heterocycles. The Balaban J connectivity index is 2.07. The fourth-order valence-corrected chi connectivity index (χ4v) is 3.15. The van der Waals surface area contributed by atoms with Gasteiger partial charge >= 0.3 is 6.03 Å². The van der Waals surface area contributed by atoms with Crippen molar-refractivity contribution >= 4 is 23.3 Å². The van der Waals surface area contributed by atoms with E-state index in [0.717, 1.165) is 17.7 Å². The molecule has 0 bridgehead atoms. The van der Waals surface area contributed by atoms with Gasteiger partial charge in [0.1, 0.15) is 0 Å². The van der Waals surface area contributed by atoms with Crippen molar-refractivity contribution in [2.45, 2.75) is 24.3 Å². The van der Waals surface area contributed by atoms with Gasteiger partial charge in [-0.3, -0.25) is 10.1 Å². The molecule has 7 heteroatoms. The number of hydrogen-bond acceptors (Lipinski definition) is 5. The van der Waals surface area contributed by atoms with Crippen molar-refractivity contribution in [3.05, 3.63) is 16.1 Å². The Hall–Kier alpha value is -1.47. The summed E-state index contributed by atoms with van der Waals surface area (Å²) in [6.45, 7) is 0.0219. The van der Waals surface area contributed by atoms with Gasteiger partial charge in [-0.1, -0.05) is 0 Å². The van der Waals surface area contributed by atoms with Crippen molar-refractivity contribution in [2.75, 3.05) is 6.54 Å². The first kappa shape index (κ1) is 10.7. The molecule has 1 aliphatic carbocycles. The predicted molar refractivity (Wildman–Crippen MR) is 61.5 cm³/mol. The summed E-state index contributed by atoms with van der Waals surface area (Å²) in [6, 6.07) is -0.504. The summed E-state index contributed by atoms with van der Waals surface area (Å²) in [6.07, 6.45) is 2.23. The average Bonchev–Trinajstić information content (AvgIpc) is 2.95. The van der Waals surface area contributed by atoms with E-state index in [2.05, 4.69) is 15.6 Å². The highest BCUT2D eigenvalue weighted by Gasteiger charge is 2.50. The zero-order chi connectivity index (χ0) is 12.0. The van der Waals surface area contributed by atoms with E-state index < -0.39 is 17.5 Å². The van der Waals surface area contributed by atoms with Crippen LogP contribution in [0.25, 0.3) is 0 Å². The first-order chi connectivity index (χ1) is 8.17. The molecule has 0 aromatic carbocycles. The summed E-state index contributed by atoms with van der Waals surface area (Å²) in [7, 11) is 0. The van der Waals surface area contributed by atoms with Gasteiger partial charge in [0.05, 0.1) is 11.2 Å². The van der Waals surface area contributed by atoms with Crippen molar-refractivity contribution in [3.8, 4) is 0 Å². The molecule has 4 N–H and O–H groups in total. The molecule has 2 fully saturated rings. The second kappa shape index (κ2) is 3.51. The number of thiazole rings is 1. The van der Waals surface area contributed by atoms with E-state index in [1.807, 2.05) is 0 Å². The molecule has 90 valence electrons. The number of carbonyl (C=O) groups excluding carboxylic acids is 2. The molecule has 0 unspecified atom stereocenters. The lowest BCUT2D eigenvalue weighted by Crippen LogP contribution is -2.50. The number of amides is 3. The SMILES string of the molecule is NC[C@]1(c2ncsc2C2CC2)NC(=O)NC1=O. The van der Waals surface area contributed by atoms with Gasteiger partial charge in [-0.15, -0.1) is 11.3 Å². The fourth-order valence-electron chi connectivity index (χ4n) is 2.11. The van der Waals surface area contributed by atoms with Crippen LogP contribution in [0, 0.1) is 0 Å². The van der Waals surface area contributed by atoms with Crippen LogP contribution in [0.2, 0.25) is 0 Å². The minimum absolute atomic E-state index is 0.0219. The summed E-state index contributed by atoms with van der Waals surface area (Å²) >= 11 is 1.53. The Morgan fingerprint density at radius 3 is 2.82 bits per heavy atom. The fraction of sp³-hybridized carbons (Fsp3) is 0.500. The van der Waals surface area contributed by atoms with Gasteiger partial charge in [0.2, 0.25) is 0 Å². The number of nitrogens with zero attached hydrogens (tertiary/aromatic N) is 1. The maximum Gasteiger partial charge on any atom is 0.322 e. The van der Waals surface area contributed by atoms with Crippen molar-refractivity contribution in [3.63, 3.8) is 0 Å². The third kappa shape index (κ3) is 1.46. The molecule has 17 heavy (non-hydrogen) atoms. The molecule has 6 nitrogen and oxygen atoms in total. The van der Waals surface area contributed by atoms with Gasteiger partial charge in [0.25, 0.3) is 5.91 Å². The quantitative estimate of drug-likeness (QED) is 0.660. The molecule has 1 saturated carbocycles. The maximum atomic E-state index is 11.9. The minimum Gasteiger partial charge on any atom is -0.327 e. The lowest BCUT2D eigenvalue weighted by molar-refractivity contribution is -0.124. The number of aromatic nitrogens is 1. The number of rotatable bonds is 3. The molecule has 0 radical (unpaired) electrons. The van der Waals surface area contributed by atoms with Crippen molar-refractivity contribution in [2.24, 2.45) is 5.73 Å². The Bertz CT molecular complexity index is 496. The number of imide groups is 1. The van der Waals surface area contributed by atoms with Crippen LogP contribution in [0.15, 0.2) is 5.51 Å². The number of nitrogens with two attached hydrogens (primary N) is 1. The average molecular weight is 252 g/mol. The molecule has 1 atom stereocenters. The van der Waals surface area contributed by atoms with Crippen molar-refractivity contribution in [1.29, 1.82) is 0 Å². The Labute approximate surface area is 102 Å². The summed E-state index contributed by atoms with van der Waals surface area (Å²) in [5.74, 6) is 0.0732. The largest absolute Gasteiger partial charge is 0.327 e. The van der Waals surface area contributed by atoms with Crippen molar-refractivity contribution in [1.82, 2.24) is 15.6 Å². The van der Waals surface area contributed by atoms with Crippen molar-refractivity contribution < 1.29 is 9.59 Å². The van der Waals surface area contributed by atoms with Gasteiger partial charge < -0.3 is 11.1 Å². The number of nitrogens with one attached hydrogen (secondary N) is 2. The van der Waals surface area contributed by atoms with Crippen LogP contribution in [-0.4, -0.2) is 23.5 Å². The van der Waals surface area contributed by atoms with Gasteiger partial charge in [-0.2, -0.15) is 0 Å². The highest BCUT2D eigenvalue weighted by molar-refractivity contribution is 7.09. The number of urea groups is 1. The first-order valence-corrected chi connectivity index (χ1v) is 6.33. The van der Waals surface area contributed by atoms with Crippen LogP contribution in [0.4, 0.5) is 4.79 Å². The Kier molecular flexibility index (Phi) is 2.20. The lowest BCUT2D eigenvalue weighted by Gasteiger charge is -2.23. The van der Waals surface area contributed by atoms with Crippen LogP contribution in [-0.2, 0) is 10.3 Å². The zero-order valence-electron chi connectivity index (χ0n) is 9.03. The monoisotopic (exact) mass is 252 g/mol. The molecule has 1 aromatic heterocycles. The van der Waals surface area contributed by atoms with E-state index in [1.54, 1.807) is 5.51 Å². The normalized spacial score (nSPS) is 28.1. The number of carbonyl (C=O) groups is 2. The van der Waals surface area contributed by atoms with Crippen LogP contribution in [0.3, 0.4) is 0 Å². The van der Waals surface area contributed by atoms with E-state index in [9.17, 15) is 9.59 Å². The standard InChI is InChI=1S/C10H12N4O2S/c11-3-10(8(15)13-9(16)14-10)7-6(5-1-2-5)17-4-12-7/h4-5H,1-3,11H2,(H2,13,14,15,16)/t10-/m1/s1. The smallest absolute Gasteiger partial charge is 0.322 e. The molecule has 2 aliphatic rings. The summed E-state index contributed by atoms with van der Waals surface area (Å²) in [4.78, 5) is 28.5. The third-order valence-corrected chi connectivity index (χ3v) is 4.19. The second-order valence-electron chi connectivity index (χ2n) is 4.36. The summed E-state index contributed by atoms with van der Waals surface area (Å²) < 4.78 is 0. The highest BCUT2D eigenvalue weighted by Crippen LogP contribution is 2.46. The summed E-state index contributed by atoms with van der Waals surface area (Å²) in [5.41, 5.74) is 6.85. The Morgan fingerprint density at radius 1 is 1.53 bits per heavy atom. The Morgan fingerprint density at radius 2 is 2.29 bits per heavy atom. The molecule has 0 spiro atoms. The molecular weight excluding hydrogens is 240 g/mol. The first-order valence-electron chi connectivity index (χ1n) is 5.45. The molecule has 2 heterocycles. The molecule has 1 aromatic rings. The van der Waals surface area contributed by atoms with Crippen LogP contribution in [0.1, 0.15) is 29.3 Å². The highest BCUT2D eigenvalue weighted by atomic mass is 32.1.